The molecule has 0 aliphatic heterocycles. The topological polar surface area (TPSA) is 94.7 Å². The van der Waals surface area contributed by atoms with Gasteiger partial charge >= 0.3 is 5.97 Å². The summed E-state index contributed by atoms with van der Waals surface area (Å²) in [6, 6.07) is 4.99. The molecule has 20 heavy (non-hydrogen) atoms. The number of carboxylic acids is 1. The first kappa shape index (κ1) is 13.9. The minimum absolute atomic E-state index is 0.345. The van der Waals surface area contributed by atoms with Gasteiger partial charge in [0, 0.05) is 12.0 Å². The molecule has 0 bridgehead atoms. The Morgan fingerprint density at radius 1 is 1.40 bits per heavy atom. The molecule has 1 aromatic heterocycles. The van der Waals surface area contributed by atoms with Crippen LogP contribution in [0.3, 0.4) is 0 Å². The van der Waals surface area contributed by atoms with Crippen LogP contribution in [0.2, 0.25) is 0 Å². The van der Waals surface area contributed by atoms with Gasteiger partial charge in [0.25, 0.3) is 0 Å². The Hall–Kier alpha value is -2.57. The summed E-state index contributed by atoms with van der Waals surface area (Å²) in [5, 5.41) is 12.5. The number of ether oxygens (including phenoxy) is 2. The van der Waals surface area contributed by atoms with E-state index in [9.17, 15) is 4.79 Å². The van der Waals surface area contributed by atoms with Crippen molar-refractivity contribution in [1.29, 1.82) is 0 Å². The van der Waals surface area contributed by atoms with Crippen LogP contribution >= 0.6 is 0 Å². The highest BCUT2D eigenvalue weighted by molar-refractivity contribution is 5.69. The van der Waals surface area contributed by atoms with Gasteiger partial charge in [-0.15, -0.1) is 0 Å². The Balaban J connectivity index is 2.26. The van der Waals surface area contributed by atoms with Gasteiger partial charge < -0.3 is 19.1 Å². The lowest BCUT2D eigenvalue weighted by Gasteiger charge is -2.09. The van der Waals surface area contributed by atoms with Crippen LogP contribution in [0.5, 0.6) is 11.5 Å². The second-order valence-corrected chi connectivity index (χ2v) is 3.91. The van der Waals surface area contributed by atoms with Crippen molar-refractivity contribution in [2.24, 2.45) is 0 Å². The van der Waals surface area contributed by atoms with Crippen molar-refractivity contribution in [3.05, 3.63) is 24.1 Å². The summed E-state index contributed by atoms with van der Waals surface area (Å²) < 4.78 is 15.3. The van der Waals surface area contributed by atoms with Crippen LogP contribution < -0.4 is 9.47 Å². The van der Waals surface area contributed by atoms with E-state index in [0.717, 1.165) is 0 Å². The van der Waals surface area contributed by atoms with Crippen LogP contribution in [-0.4, -0.2) is 34.9 Å². The molecule has 2 rings (SSSR count). The van der Waals surface area contributed by atoms with Crippen molar-refractivity contribution < 1.29 is 23.9 Å². The number of hydrogen-bond donors (Lipinski definition) is 1. The second-order valence-electron chi connectivity index (χ2n) is 3.91. The summed E-state index contributed by atoms with van der Waals surface area (Å²) >= 11 is 0. The number of carboxylic acid groups (broad SMARTS) is 1. The molecule has 1 N–H and O–H groups in total. The number of aryl methyl sites for hydroxylation is 1. The lowest BCUT2D eigenvalue weighted by molar-refractivity contribution is -0.139. The quantitative estimate of drug-likeness (QED) is 0.860. The van der Waals surface area contributed by atoms with E-state index < -0.39 is 12.6 Å². The monoisotopic (exact) mass is 278 g/mol. The van der Waals surface area contributed by atoms with E-state index in [2.05, 4.69) is 10.1 Å². The summed E-state index contributed by atoms with van der Waals surface area (Å²) in [5.74, 6) is 0.696. The average molecular weight is 278 g/mol. The zero-order chi connectivity index (χ0) is 14.5. The Morgan fingerprint density at radius 3 is 2.80 bits per heavy atom. The molecule has 0 radical (unpaired) electrons. The molecule has 0 amide bonds. The first-order valence-electron chi connectivity index (χ1n) is 5.99. The lowest BCUT2D eigenvalue weighted by Crippen LogP contribution is -2.10. The molecule has 1 aromatic carbocycles. The van der Waals surface area contributed by atoms with Crippen molar-refractivity contribution in [3.63, 3.8) is 0 Å². The van der Waals surface area contributed by atoms with Gasteiger partial charge in [-0.1, -0.05) is 12.1 Å². The first-order chi connectivity index (χ1) is 9.63. The smallest absolute Gasteiger partial charge is 0.341 e. The maximum atomic E-state index is 10.5. The molecule has 0 aliphatic carbocycles. The number of rotatable bonds is 6. The molecule has 106 valence electrons. The van der Waals surface area contributed by atoms with E-state index in [4.69, 9.17) is 19.1 Å². The Labute approximate surface area is 115 Å². The number of carbonyl (C=O) groups is 1. The van der Waals surface area contributed by atoms with Crippen LogP contribution in [0.1, 0.15) is 12.8 Å². The predicted octanol–water partition coefficient (Wildman–Crippen LogP) is 1.77. The third-order valence-electron chi connectivity index (χ3n) is 2.54. The molecule has 0 saturated heterocycles. The van der Waals surface area contributed by atoms with Gasteiger partial charge in [-0.25, -0.2) is 4.79 Å². The van der Waals surface area contributed by atoms with Crippen molar-refractivity contribution in [1.82, 2.24) is 10.1 Å². The Kier molecular flexibility index (Phi) is 4.19. The molecule has 0 atom stereocenters. The molecule has 7 nitrogen and oxygen atoms in total. The first-order valence-corrected chi connectivity index (χ1v) is 5.99. The third kappa shape index (κ3) is 3.05. The van der Waals surface area contributed by atoms with Crippen LogP contribution in [0.25, 0.3) is 11.4 Å². The number of benzene rings is 1. The van der Waals surface area contributed by atoms with Crippen molar-refractivity contribution in [2.45, 2.75) is 13.3 Å². The summed E-state index contributed by atoms with van der Waals surface area (Å²) in [6.45, 7) is 1.48. The van der Waals surface area contributed by atoms with E-state index >= 15 is 0 Å². The third-order valence-corrected chi connectivity index (χ3v) is 2.54. The normalized spacial score (nSPS) is 10.3. The summed E-state index contributed by atoms with van der Waals surface area (Å²) in [6.07, 6.45) is 0.657. The van der Waals surface area contributed by atoms with E-state index in [1.807, 2.05) is 6.92 Å². The maximum absolute atomic E-state index is 10.5. The highest BCUT2D eigenvalue weighted by Gasteiger charge is 2.12. The molecule has 7 heteroatoms. The molecule has 0 spiro atoms. The molecule has 1 heterocycles. The van der Waals surface area contributed by atoms with Gasteiger partial charge in [-0.2, -0.15) is 4.98 Å². The van der Waals surface area contributed by atoms with E-state index in [0.29, 0.717) is 35.2 Å². The van der Waals surface area contributed by atoms with Crippen LogP contribution in [0.15, 0.2) is 22.7 Å². The summed E-state index contributed by atoms with van der Waals surface area (Å²) in [5.41, 5.74) is 0.702. The van der Waals surface area contributed by atoms with Crippen molar-refractivity contribution in [3.8, 4) is 22.9 Å². The fourth-order valence-corrected chi connectivity index (χ4v) is 1.58. The molecule has 0 unspecified atom stereocenters. The maximum Gasteiger partial charge on any atom is 0.341 e. The second kappa shape index (κ2) is 6.05. The minimum Gasteiger partial charge on any atom is -0.493 e. The zero-order valence-electron chi connectivity index (χ0n) is 11.1. The predicted molar refractivity (Wildman–Crippen MR) is 68.8 cm³/mol. The highest BCUT2D eigenvalue weighted by atomic mass is 16.5. The average Bonchev–Trinajstić information content (AvgIpc) is 2.93. The molecule has 2 aromatic rings. The van der Waals surface area contributed by atoms with E-state index in [-0.39, 0.29) is 0 Å². The zero-order valence-corrected chi connectivity index (χ0v) is 11.1. The fraction of sp³-hybridized carbons (Fsp3) is 0.308. The van der Waals surface area contributed by atoms with Gasteiger partial charge in [0.15, 0.2) is 18.1 Å². The lowest BCUT2D eigenvalue weighted by atomic mass is 10.2. The van der Waals surface area contributed by atoms with E-state index in [1.54, 1.807) is 18.2 Å². The van der Waals surface area contributed by atoms with Crippen molar-refractivity contribution in [2.75, 3.05) is 13.7 Å². The fourth-order valence-electron chi connectivity index (χ4n) is 1.58. The highest BCUT2D eigenvalue weighted by Crippen LogP contribution is 2.31. The van der Waals surface area contributed by atoms with Gasteiger partial charge in [-0.05, 0) is 18.2 Å². The number of hydrogen-bond acceptors (Lipinski definition) is 6. The van der Waals surface area contributed by atoms with E-state index in [1.165, 1.54) is 7.11 Å². The molecule has 0 fully saturated rings. The number of aliphatic carboxylic acids is 1. The molecule has 0 saturated carbocycles. The number of methoxy groups -OCH3 is 1. The Morgan fingerprint density at radius 2 is 2.20 bits per heavy atom. The molecular formula is C13H14N2O5. The molecule has 0 aliphatic rings. The van der Waals surface area contributed by atoms with Gasteiger partial charge in [0.1, 0.15) is 0 Å². The van der Waals surface area contributed by atoms with Crippen molar-refractivity contribution >= 4 is 5.97 Å². The minimum atomic E-state index is -1.05. The molecular weight excluding hydrogens is 264 g/mol. The standard InChI is InChI=1S/C13H14N2O5/c1-3-11-14-13(15-20-11)8-4-5-9(10(6-8)18-2)19-7-12(16)17/h4-6H,3,7H2,1-2H3,(H,16,17). The SMILES string of the molecule is CCc1nc(-c2ccc(OCC(=O)O)c(OC)c2)no1. The van der Waals surface area contributed by atoms with Gasteiger partial charge in [0.2, 0.25) is 11.7 Å². The number of aromatic nitrogens is 2. The summed E-state index contributed by atoms with van der Waals surface area (Å²) in [7, 11) is 1.47. The van der Waals surface area contributed by atoms with Gasteiger partial charge in [0.05, 0.1) is 7.11 Å². The summed E-state index contributed by atoms with van der Waals surface area (Å²) in [4.78, 5) is 14.7. The van der Waals surface area contributed by atoms with Crippen LogP contribution in [0.4, 0.5) is 0 Å². The van der Waals surface area contributed by atoms with Crippen LogP contribution in [-0.2, 0) is 11.2 Å². The number of nitrogens with zero attached hydrogens (tertiary/aromatic N) is 2. The van der Waals surface area contributed by atoms with Gasteiger partial charge in [-0.3, -0.25) is 0 Å². The van der Waals surface area contributed by atoms with Crippen LogP contribution in [0, 0.1) is 0 Å². The Bertz CT molecular complexity index is 609. The largest absolute Gasteiger partial charge is 0.493 e.